The van der Waals surface area contributed by atoms with Gasteiger partial charge >= 0.3 is 0 Å². The van der Waals surface area contributed by atoms with Gasteiger partial charge in [0.1, 0.15) is 5.69 Å². The first kappa shape index (κ1) is 14.4. The predicted molar refractivity (Wildman–Crippen MR) is 77.4 cm³/mol. The zero-order valence-electron chi connectivity index (χ0n) is 12.0. The molecule has 104 valence electrons. The maximum atomic E-state index is 13.5. The van der Waals surface area contributed by atoms with E-state index in [-0.39, 0.29) is 23.3 Å². The Balaban J connectivity index is 2.15. The van der Waals surface area contributed by atoms with Crippen LogP contribution in [-0.2, 0) is 11.8 Å². The predicted octanol–water partition coefficient (Wildman–Crippen LogP) is 3.94. The number of hydrogen-bond donors (Lipinski definition) is 0. The lowest BCUT2D eigenvalue weighted by Crippen LogP contribution is -2.12. The molecular formula is C17H18FNO. The van der Waals surface area contributed by atoms with E-state index >= 15 is 0 Å². The third kappa shape index (κ3) is 3.29. The number of carbonyl (C=O) groups is 1. The van der Waals surface area contributed by atoms with Gasteiger partial charge in [-0.3, -0.25) is 9.78 Å². The monoisotopic (exact) mass is 271 g/mol. The van der Waals surface area contributed by atoms with Crippen LogP contribution in [0.5, 0.6) is 0 Å². The molecule has 0 aliphatic carbocycles. The molecular weight excluding hydrogens is 253 g/mol. The lowest BCUT2D eigenvalue weighted by molar-refractivity contribution is 0.0984. The quantitative estimate of drug-likeness (QED) is 0.791. The molecule has 20 heavy (non-hydrogen) atoms. The molecule has 0 bridgehead atoms. The number of Topliss-reactive ketones (excluding diaryl/α,β-unsaturated/α-hetero) is 1. The number of ketones is 1. The second-order valence-corrected chi connectivity index (χ2v) is 5.88. The minimum Gasteiger partial charge on any atom is -0.292 e. The number of halogens is 1. The van der Waals surface area contributed by atoms with Crippen molar-refractivity contribution in [3.63, 3.8) is 0 Å². The van der Waals surface area contributed by atoms with Crippen LogP contribution in [0.25, 0.3) is 0 Å². The van der Waals surface area contributed by atoms with Gasteiger partial charge in [0.25, 0.3) is 0 Å². The molecule has 2 aromatic rings. The molecule has 0 aliphatic rings. The largest absolute Gasteiger partial charge is 0.292 e. The van der Waals surface area contributed by atoms with Crippen LogP contribution in [0.15, 0.2) is 42.6 Å². The molecule has 2 rings (SSSR count). The average Bonchev–Trinajstić information content (AvgIpc) is 2.38. The van der Waals surface area contributed by atoms with Crippen molar-refractivity contribution in [2.75, 3.05) is 0 Å². The second kappa shape index (κ2) is 5.53. The summed E-state index contributed by atoms with van der Waals surface area (Å²) in [6.45, 7) is 6.41. The Labute approximate surface area is 118 Å². The smallest absolute Gasteiger partial charge is 0.188 e. The number of carbonyl (C=O) groups excluding carboxylic acids is 1. The SMILES string of the molecule is CC(C)(C)c1ccc(CC(=O)c2ncccc2F)cc1. The summed E-state index contributed by atoms with van der Waals surface area (Å²) in [5.41, 5.74) is 2.06. The van der Waals surface area contributed by atoms with Gasteiger partial charge in [0.05, 0.1) is 0 Å². The number of pyridine rings is 1. The van der Waals surface area contributed by atoms with E-state index in [4.69, 9.17) is 0 Å². The lowest BCUT2D eigenvalue weighted by Gasteiger charge is -2.19. The van der Waals surface area contributed by atoms with Crippen molar-refractivity contribution >= 4 is 5.78 Å². The van der Waals surface area contributed by atoms with Gasteiger partial charge in [-0.15, -0.1) is 0 Å². The minimum atomic E-state index is -0.566. The number of hydrogen-bond acceptors (Lipinski definition) is 2. The van der Waals surface area contributed by atoms with E-state index in [1.54, 1.807) is 0 Å². The average molecular weight is 271 g/mol. The summed E-state index contributed by atoms with van der Waals surface area (Å²) in [5.74, 6) is -0.865. The summed E-state index contributed by atoms with van der Waals surface area (Å²) >= 11 is 0. The third-order valence-corrected chi connectivity index (χ3v) is 3.21. The molecule has 0 fully saturated rings. The van der Waals surface area contributed by atoms with Crippen LogP contribution in [0.4, 0.5) is 4.39 Å². The fourth-order valence-electron chi connectivity index (χ4n) is 1.98. The van der Waals surface area contributed by atoms with E-state index in [0.717, 1.165) is 5.56 Å². The Kier molecular flexibility index (Phi) is 3.98. The normalized spacial score (nSPS) is 11.4. The van der Waals surface area contributed by atoms with Crippen molar-refractivity contribution in [2.45, 2.75) is 32.6 Å². The maximum absolute atomic E-state index is 13.5. The van der Waals surface area contributed by atoms with Crippen molar-refractivity contribution in [3.05, 3.63) is 65.2 Å². The Morgan fingerprint density at radius 1 is 1.15 bits per heavy atom. The summed E-state index contributed by atoms with van der Waals surface area (Å²) < 4.78 is 13.5. The van der Waals surface area contributed by atoms with E-state index in [9.17, 15) is 9.18 Å². The van der Waals surface area contributed by atoms with Gasteiger partial charge in [-0.05, 0) is 28.7 Å². The van der Waals surface area contributed by atoms with Crippen LogP contribution >= 0.6 is 0 Å². The van der Waals surface area contributed by atoms with Crippen LogP contribution < -0.4 is 0 Å². The van der Waals surface area contributed by atoms with Gasteiger partial charge in [0, 0.05) is 12.6 Å². The maximum Gasteiger partial charge on any atom is 0.188 e. The zero-order chi connectivity index (χ0) is 14.8. The summed E-state index contributed by atoms with van der Waals surface area (Å²) in [7, 11) is 0. The first-order chi connectivity index (χ1) is 9.38. The highest BCUT2D eigenvalue weighted by atomic mass is 19.1. The summed E-state index contributed by atoms with van der Waals surface area (Å²) in [6.07, 6.45) is 1.59. The van der Waals surface area contributed by atoms with Crippen LogP contribution in [0, 0.1) is 5.82 Å². The molecule has 0 amide bonds. The molecule has 0 saturated heterocycles. The fourth-order valence-corrected chi connectivity index (χ4v) is 1.98. The highest BCUT2D eigenvalue weighted by molar-refractivity contribution is 5.95. The van der Waals surface area contributed by atoms with Crippen LogP contribution in [0.3, 0.4) is 0 Å². The molecule has 0 unspecified atom stereocenters. The Morgan fingerprint density at radius 3 is 2.35 bits per heavy atom. The molecule has 0 N–H and O–H groups in total. The fraction of sp³-hybridized carbons (Fsp3) is 0.294. The van der Waals surface area contributed by atoms with Crippen molar-refractivity contribution in [3.8, 4) is 0 Å². The molecule has 1 heterocycles. The van der Waals surface area contributed by atoms with Crippen molar-refractivity contribution in [1.82, 2.24) is 4.98 Å². The van der Waals surface area contributed by atoms with Crippen molar-refractivity contribution < 1.29 is 9.18 Å². The molecule has 0 spiro atoms. The lowest BCUT2D eigenvalue weighted by atomic mass is 9.86. The molecule has 0 radical (unpaired) electrons. The third-order valence-electron chi connectivity index (χ3n) is 3.21. The number of aromatic nitrogens is 1. The molecule has 2 nitrogen and oxygen atoms in total. The van der Waals surface area contributed by atoms with Crippen molar-refractivity contribution in [2.24, 2.45) is 0 Å². The minimum absolute atomic E-state index is 0.0790. The first-order valence-corrected chi connectivity index (χ1v) is 6.61. The van der Waals surface area contributed by atoms with Crippen molar-refractivity contribution in [1.29, 1.82) is 0 Å². The van der Waals surface area contributed by atoms with Gasteiger partial charge in [-0.1, -0.05) is 45.0 Å². The summed E-state index contributed by atoms with van der Waals surface area (Å²) in [4.78, 5) is 15.8. The Hall–Kier alpha value is -2.03. The molecule has 1 aromatic carbocycles. The second-order valence-electron chi connectivity index (χ2n) is 5.88. The van der Waals surface area contributed by atoms with E-state index in [2.05, 4.69) is 25.8 Å². The van der Waals surface area contributed by atoms with Gasteiger partial charge in [0.15, 0.2) is 11.6 Å². The van der Waals surface area contributed by atoms with Crippen LogP contribution in [-0.4, -0.2) is 10.8 Å². The number of rotatable bonds is 3. The van der Waals surface area contributed by atoms with Gasteiger partial charge in [-0.2, -0.15) is 0 Å². The van der Waals surface area contributed by atoms with E-state index in [1.807, 2.05) is 24.3 Å². The zero-order valence-corrected chi connectivity index (χ0v) is 12.0. The molecule has 0 atom stereocenters. The van der Waals surface area contributed by atoms with Gasteiger partial charge < -0.3 is 0 Å². The van der Waals surface area contributed by atoms with Gasteiger partial charge in [0.2, 0.25) is 0 Å². The van der Waals surface area contributed by atoms with Gasteiger partial charge in [-0.25, -0.2) is 4.39 Å². The number of nitrogens with zero attached hydrogens (tertiary/aromatic N) is 1. The van der Waals surface area contributed by atoms with E-state index in [0.29, 0.717) is 0 Å². The summed E-state index contributed by atoms with van der Waals surface area (Å²) in [6, 6.07) is 10.6. The number of benzene rings is 1. The highest BCUT2D eigenvalue weighted by Gasteiger charge is 2.15. The molecule has 0 aliphatic heterocycles. The van der Waals surface area contributed by atoms with E-state index < -0.39 is 5.82 Å². The van der Waals surface area contributed by atoms with E-state index in [1.165, 1.54) is 23.9 Å². The highest BCUT2D eigenvalue weighted by Crippen LogP contribution is 2.22. The molecule has 1 aromatic heterocycles. The molecule has 0 saturated carbocycles. The topological polar surface area (TPSA) is 30.0 Å². The standard InChI is InChI=1S/C17H18FNO/c1-17(2,3)13-8-6-12(7-9-13)11-15(20)16-14(18)5-4-10-19-16/h4-10H,11H2,1-3H3. The van der Waals surface area contributed by atoms with Crippen LogP contribution in [0.1, 0.15) is 42.4 Å². The van der Waals surface area contributed by atoms with Crippen LogP contribution in [0.2, 0.25) is 0 Å². The Bertz CT molecular complexity index is 612. The Morgan fingerprint density at radius 2 is 1.80 bits per heavy atom. The first-order valence-electron chi connectivity index (χ1n) is 6.61. The summed E-state index contributed by atoms with van der Waals surface area (Å²) in [5, 5.41) is 0. The molecule has 3 heteroatoms.